The van der Waals surface area contributed by atoms with Gasteiger partial charge in [-0.25, -0.2) is 9.48 Å². The van der Waals surface area contributed by atoms with E-state index in [9.17, 15) is 9.59 Å². The minimum atomic E-state index is -0.418. The zero-order valence-corrected chi connectivity index (χ0v) is 14.2. The van der Waals surface area contributed by atoms with Crippen molar-refractivity contribution >= 4 is 11.5 Å². The monoisotopic (exact) mass is 341 g/mol. The van der Waals surface area contributed by atoms with E-state index in [1.165, 1.54) is 11.7 Å². The predicted molar refractivity (Wildman–Crippen MR) is 91.9 cm³/mol. The summed E-state index contributed by atoms with van der Waals surface area (Å²) in [6.07, 6.45) is 3.67. The molecule has 25 heavy (non-hydrogen) atoms. The molecule has 0 N–H and O–H groups in total. The smallest absolute Gasteiger partial charge is 0.346 e. The van der Waals surface area contributed by atoms with Crippen LogP contribution in [-0.2, 0) is 14.1 Å². The Hall–Kier alpha value is -2.97. The number of anilines is 1. The van der Waals surface area contributed by atoms with Crippen molar-refractivity contribution in [2.75, 3.05) is 18.0 Å². The average Bonchev–Trinajstić information content (AvgIpc) is 3.07. The first-order chi connectivity index (χ1) is 12.1. The Kier molecular flexibility index (Phi) is 3.63. The van der Waals surface area contributed by atoms with Crippen molar-refractivity contribution in [2.24, 2.45) is 14.1 Å². The Bertz CT molecular complexity index is 1040. The van der Waals surface area contributed by atoms with Gasteiger partial charge in [0.2, 0.25) is 5.82 Å². The van der Waals surface area contributed by atoms with E-state index in [-0.39, 0.29) is 11.5 Å². The highest BCUT2D eigenvalue weighted by Gasteiger charge is 2.27. The number of hydrogen-bond acceptors (Lipinski definition) is 6. The van der Waals surface area contributed by atoms with Crippen molar-refractivity contribution in [3.63, 3.8) is 0 Å². The lowest BCUT2D eigenvalue weighted by molar-refractivity contribution is 0.471. The summed E-state index contributed by atoms with van der Waals surface area (Å²) < 4.78 is 4.32. The standard InChI is InChI=1S/C16H19N7O2/c1-20-15(24)14(19-21(2)16(20)25)22-9-6-11(7-10-22)13-18-17-12-5-3-4-8-23(12)13/h3-5,8,11H,6-7,9-10H2,1-2H3. The van der Waals surface area contributed by atoms with E-state index >= 15 is 0 Å². The van der Waals surface area contributed by atoms with Gasteiger partial charge >= 0.3 is 5.69 Å². The molecule has 3 aromatic rings. The molecule has 4 heterocycles. The molecule has 130 valence electrons. The van der Waals surface area contributed by atoms with Crippen LogP contribution in [0.3, 0.4) is 0 Å². The second kappa shape index (κ2) is 5.83. The van der Waals surface area contributed by atoms with Gasteiger partial charge in [0.15, 0.2) is 5.65 Å². The summed E-state index contributed by atoms with van der Waals surface area (Å²) in [4.78, 5) is 26.1. The molecule has 1 aliphatic rings. The highest BCUT2D eigenvalue weighted by molar-refractivity contribution is 5.39. The number of hydrogen-bond donors (Lipinski definition) is 0. The molecular weight excluding hydrogens is 322 g/mol. The second-order valence-corrected chi connectivity index (χ2v) is 6.34. The van der Waals surface area contributed by atoms with Crippen molar-refractivity contribution in [3.8, 4) is 0 Å². The molecule has 0 saturated carbocycles. The molecule has 0 aliphatic carbocycles. The lowest BCUT2D eigenvalue weighted by Crippen LogP contribution is -2.45. The van der Waals surface area contributed by atoms with E-state index in [0.717, 1.165) is 28.9 Å². The van der Waals surface area contributed by atoms with Gasteiger partial charge in [-0.15, -0.1) is 15.3 Å². The van der Waals surface area contributed by atoms with Crippen LogP contribution >= 0.6 is 0 Å². The van der Waals surface area contributed by atoms with Crippen LogP contribution in [-0.4, -0.2) is 42.0 Å². The molecule has 9 nitrogen and oxygen atoms in total. The van der Waals surface area contributed by atoms with E-state index in [4.69, 9.17) is 0 Å². The van der Waals surface area contributed by atoms with Crippen LogP contribution in [0.25, 0.3) is 5.65 Å². The summed E-state index contributed by atoms with van der Waals surface area (Å²) in [7, 11) is 3.03. The Morgan fingerprint density at radius 1 is 1.08 bits per heavy atom. The molecular formula is C16H19N7O2. The van der Waals surface area contributed by atoms with Gasteiger partial charge in [-0.05, 0) is 25.0 Å². The van der Waals surface area contributed by atoms with Crippen molar-refractivity contribution < 1.29 is 0 Å². The van der Waals surface area contributed by atoms with Gasteiger partial charge in [-0.1, -0.05) is 6.07 Å². The minimum Gasteiger partial charge on any atom is -0.351 e. The fourth-order valence-corrected chi connectivity index (χ4v) is 3.37. The quantitative estimate of drug-likeness (QED) is 0.647. The van der Waals surface area contributed by atoms with Crippen LogP contribution in [0.2, 0.25) is 0 Å². The third kappa shape index (κ3) is 2.51. The number of pyridine rings is 1. The summed E-state index contributed by atoms with van der Waals surface area (Å²) in [5, 5.41) is 12.7. The number of nitrogens with zero attached hydrogens (tertiary/aromatic N) is 7. The zero-order valence-electron chi connectivity index (χ0n) is 14.2. The summed E-state index contributed by atoms with van der Waals surface area (Å²) >= 11 is 0. The Morgan fingerprint density at radius 3 is 2.60 bits per heavy atom. The fourth-order valence-electron chi connectivity index (χ4n) is 3.37. The van der Waals surface area contributed by atoms with Crippen LogP contribution in [0.1, 0.15) is 24.6 Å². The van der Waals surface area contributed by atoms with Gasteiger partial charge in [0, 0.05) is 39.3 Å². The lowest BCUT2D eigenvalue weighted by atomic mass is 9.96. The summed E-state index contributed by atoms with van der Waals surface area (Å²) in [6, 6.07) is 5.84. The van der Waals surface area contributed by atoms with Gasteiger partial charge in [-0.3, -0.25) is 13.8 Å². The van der Waals surface area contributed by atoms with Crippen molar-refractivity contribution in [2.45, 2.75) is 18.8 Å². The molecule has 0 unspecified atom stereocenters. The summed E-state index contributed by atoms with van der Waals surface area (Å²) in [6.45, 7) is 1.37. The fraction of sp³-hybridized carbons (Fsp3) is 0.438. The molecule has 0 aromatic carbocycles. The van der Waals surface area contributed by atoms with Crippen molar-refractivity contribution in [1.82, 2.24) is 28.9 Å². The van der Waals surface area contributed by atoms with Gasteiger partial charge in [0.25, 0.3) is 5.56 Å². The predicted octanol–water partition coefficient (Wildman–Crippen LogP) is -0.0943. The maximum atomic E-state index is 12.3. The number of fused-ring (bicyclic) bond motifs is 1. The largest absolute Gasteiger partial charge is 0.351 e. The van der Waals surface area contributed by atoms with Crippen LogP contribution < -0.4 is 16.1 Å². The molecule has 0 bridgehead atoms. The van der Waals surface area contributed by atoms with E-state index in [1.54, 1.807) is 7.05 Å². The molecule has 3 aromatic heterocycles. The van der Waals surface area contributed by atoms with Crippen molar-refractivity contribution in [3.05, 3.63) is 51.1 Å². The molecule has 0 spiro atoms. The van der Waals surface area contributed by atoms with Gasteiger partial charge in [0.1, 0.15) is 5.82 Å². The first kappa shape index (κ1) is 15.6. The molecule has 1 aliphatic heterocycles. The van der Waals surface area contributed by atoms with Crippen LogP contribution in [0, 0.1) is 0 Å². The maximum absolute atomic E-state index is 12.3. The second-order valence-electron chi connectivity index (χ2n) is 6.34. The lowest BCUT2D eigenvalue weighted by Gasteiger charge is -2.31. The van der Waals surface area contributed by atoms with E-state index in [0.29, 0.717) is 18.9 Å². The molecule has 0 atom stereocenters. The number of piperidine rings is 1. The Labute approximate surface area is 143 Å². The highest BCUT2D eigenvalue weighted by atomic mass is 16.2. The van der Waals surface area contributed by atoms with Gasteiger partial charge < -0.3 is 4.90 Å². The number of aryl methyl sites for hydroxylation is 1. The Balaban J connectivity index is 1.58. The van der Waals surface area contributed by atoms with E-state index in [1.807, 2.05) is 33.7 Å². The molecule has 1 saturated heterocycles. The molecule has 1 fully saturated rings. The van der Waals surface area contributed by atoms with Crippen LogP contribution in [0.5, 0.6) is 0 Å². The topological polar surface area (TPSA) is 90.3 Å². The van der Waals surface area contributed by atoms with Crippen molar-refractivity contribution in [1.29, 1.82) is 0 Å². The van der Waals surface area contributed by atoms with E-state index in [2.05, 4.69) is 15.3 Å². The molecule has 9 heteroatoms. The summed E-state index contributed by atoms with van der Waals surface area (Å²) in [5.41, 5.74) is 0.0709. The first-order valence-electron chi connectivity index (χ1n) is 8.25. The molecule has 0 amide bonds. The highest BCUT2D eigenvalue weighted by Crippen LogP contribution is 2.28. The third-order valence-corrected chi connectivity index (χ3v) is 4.80. The number of rotatable bonds is 2. The van der Waals surface area contributed by atoms with Gasteiger partial charge in [-0.2, -0.15) is 0 Å². The zero-order chi connectivity index (χ0) is 17.6. The SMILES string of the molecule is Cn1nc(N2CCC(c3nnc4ccccn34)CC2)c(=O)n(C)c1=O. The molecule has 0 radical (unpaired) electrons. The van der Waals surface area contributed by atoms with Crippen LogP contribution in [0.15, 0.2) is 34.0 Å². The maximum Gasteiger partial charge on any atom is 0.346 e. The van der Waals surface area contributed by atoms with E-state index < -0.39 is 5.69 Å². The first-order valence-corrected chi connectivity index (χ1v) is 8.25. The van der Waals surface area contributed by atoms with Gasteiger partial charge in [0.05, 0.1) is 0 Å². The normalized spacial score (nSPS) is 15.8. The van der Waals surface area contributed by atoms with Crippen LogP contribution in [0.4, 0.5) is 5.82 Å². The minimum absolute atomic E-state index is 0.282. The molecule has 4 rings (SSSR count). The summed E-state index contributed by atoms with van der Waals surface area (Å²) in [5.74, 6) is 1.57. The Morgan fingerprint density at radius 2 is 1.84 bits per heavy atom. The average molecular weight is 341 g/mol. The third-order valence-electron chi connectivity index (χ3n) is 4.80. The number of aromatic nitrogens is 6.